The largest absolute Gasteiger partial charge is 0.361 e. The second-order valence-corrected chi connectivity index (χ2v) is 8.27. The average Bonchev–Trinajstić information content (AvgIpc) is 3.40. The fourth-order valence-electron chi connectivity index (χ4n) is 4.11. The van der Waals surface area contributed by atoms with E-state index >= 15 is 0 Å². The van der Waals surface area contributed by atoms with Crippen molar-refractivity contribution < 1.29 is 4.79 Å². The van der Waals surface area contributed by atoms with Gasteiger partial charge in [0.15, 0.2) is 0 Å². The molecule has 0 bridgehead atoms. The van der Waals surface area contributed by atoms with Gasteiger partial charge in [0, 0.05) is 53.2 Å². The van der Waals surface area contributed by atoms with E-state index in [0.29, 0.717) is 13.1 Å². The normalized spacial score (nSPS) is 14.4. The van der Waals surface area contributed by atoms with Gasteiger partial charge in [-0.2, -0.15) is 0 Å². The van der Waals surface area contributed by atoms with Gasteiger partial charge in [0.05, 0.1) is 12.2 Å². The number of likely N-dealkylation sites (N-methyl/N-ethyl adjacent to an activating group) is 1. The van der Waals surface area contributed by atoms with Crippen molar-refractivity contribution in [1.29, 1.82) is 0 Å². The molecule has 1 aliphatic heterocycles. The molecule has 7 heteroatoms. The van der Waals surface area contributed by atoms with Crippen LogP contribution >= 0.6 is 0 Å². The van der Waals surface area contributed by atoms with Crippen molar-refractivity contribution in [3.8, 4) is 0 Å². The summed E-state index contributed by atoms with van der Waals surface area (Å²) >= 11 is 0. The van der Waals surface area contributed by atoms with Crippen molar-refractivity contribution in [2.75, 3.05) is 39.0 Å². The molecule has 1 amide bonds. The SMILES string of the molecule is CN(C)CC(=O)N1CC=C(c2cc3c(Nc4ccc5[nH]ccc5c4)ccnc3[nH]2)CC1. The smallest absolute Gasteiger partial charge is 0.237 e. The summed E-state index contributed by atoms with van der Waals surface area (Å²) in [5.74, 6) is 0.171. The van der Waals surface area contributed by atoms with Crippen LogP contribution in [0.1, 0.15) is 12.1 Å². The van der Waals surface area contributed by atoms with Crippen LogP contribution in [-0.2, 0) is 4.79 Å². The zero-order valence-electron chi connectivity index (χ0n) is 17.8. The number of aromatic amines is 2. The summed E-state index contributed by atoms with van der Waals surface area (Å²) in [6.07, 6.45) is 6.74. The third-order valence-electron chi connectivity index (χ3n) is 5.72. The molecular weight excluding hydrogens is 388 g/mol. The number of fused-ring (bicyclic) bond motifs is 2. The van der Waals surface area contributed by atoms with Crippen LogP contribution in [0.2, 0.25) is 0 Å². The van der Waals surface area contributed by atoms with Crippen LogP contribution in [0.3, 0.4) is 0 Å². The van der Waals surface area contributed by atoms with Gasteiger partial charge in [-0.15, -0.1) is 0 Å². The van der Waals surface area contributed by atoms with Gasteiger partial charge in [-0.25, -0.2) is 4.98 Å². The molecule has 0 atom stereocenters. The van der Waals surface area contributed by atoms with E-state index in [1.807, 2.05) is 42.4 Å². The number of hydrogen-bond acceptors (Lipinski definition) is 4. The number of rotatable bonds is 5. The number of anilines is 2. The molecule has 0 fully saturated rings. The first-order chi connectivity index (χ1) is 15.1. The Kier molecular flexibility index (Phi) is 4.95. The highest BCUT2D eigenvalue weighted by molar-refractivity contribution is 5.95. The van der Waals surface area contributed by atoms with Crippen LogP contribution in [0, 0.1) is 0 Å². The summed E-state index contributed by atoms with van der Waals surface area (Å²) in [6, 6.07) is 12.5. The minimum Gasteiger partial charge on any atom is -0.361 e. The molecule has 158 valence electrons. The Bertz CT molecular complexity index is 1280. The first-order valence-corrected chi connectivity index (χ1v) is 10.5. The zero-order valence-corrected chi connectivity index (χ0v) is 17.8. The Morgan fingerprint density at radius 1 is 1.23 bits per heavy atom. The van der Waals surface area contributed by atoms with E-state index in [2.05, 4.69) is 56.7 Å². The Morgan fingerprint density at radius 3 is 2.94 bits per heavy atom. The maximum Gasteiger partial charge on any atom is 0.237 e. The molecule has 1 aliphatic rings. The molecular formula is C24H26N6O. The van der Waals surface area contributed by atoms with Gasteiger partial charge in [0.25, 0.3) is 0 Å². The standard InChI is InChI=1S/C24H26N6O/c1-29(2)15-23(31)30-11-7-16(8-12-30)22-14-19-21(6-10-26-24(19)28-22)27-18-3-4-20-17(13-18)5-9-25-20/h3-7,9-10,13-14,25H,8,11-12,15H2,1-2H3,(H2,26,27,28). The van der Waals surface area contributed by atoms with Crippen molar-refractivity contribution >= 4 is 44.8 Å². The topological polar surface area (TPSA) is 80.1 Å². The summed E-state index contributed by atoms with van der Waals surface area (Å²) in [6.45, 7) is 1.83. The number of nitrogens with one attached hydrogen (secondary N) is 3. The molecule has 0 saturated heterocycles. The summed E-state index contributed by atoms with van der Waals surface area (Å²) in [5, 5.41) is 5.76. The molecule has 0 unspecified atom stereocenters. The molecule has 4 aromatic rings. The third kappa shape index (κ3) is 3.92. The van der Waals surface area contributed by atoms with E-state index in [0.717, 1.165) is 46.6 Å². The number of pyridine rings is 1. The van der Waals surface area contributed by atoms with Crippen molar-refractivity contribution in [2.24, 2.45) is 0 Å². The fraction of sp³-hybridized carbons (Fsp3) is 0.250. The molecule has 0 spiro atoms. The number of H-pyrrole nitrogens is 2. The van der Waals surface area contributed by atoms with Crippen molar-refractivity contribution in [2.45, 2.75) is 6.42 Å². The number of amides is 1. The third-order valence-corrected chi connectivity index (χ3v) is 5.72. The second-order valence-electron chi connectivity index (χ2n) is 8.27. The first-order valence-electron chi connectivity index (χ1n) is 10.5. The van der Waals surface area contributed by atoms with E-state index in [9.17, 15) is 4.79 Å². The monoisotopic (exact) mass is 414 g/mol. The summed E-state index contributed by atoms with van der Waals surface area (Å²) in [5.41, 5.74) is 6.33. The van der Waals surface area contributed by atoms with E-state index in [1.165, 1.54) is 11.0 Å². The van der Waals surface area contributed by atoms with Crippen molar-refractivity contribution in [3.05, 3.63) is 60.6 Å². The molecule has 5 rings (SSSR count). The Balaban J connectivity index is 1.38. The molecule has 4 heterocycles. The number of benzene rings is 1. The molecule has 0 radical (unpaired) electrons. The van der Waals surface area contributed by atoms with Crippen molar-refractivity contribution in [1.82, 2.24) is 24.8 Å². The summed E-state index contributed by atoms with van der Waals surface area (Å²) in [7, 11) is 3.84. The van der Waals surface area contributed by atoms with Gasteiger partial charge in [-0.05, 0) is 62.5 Å². The van der Waals surface area contributed by atoms with Gasteiger partial charge >= 0.3 is 0 Å². The minimum atomic E-state index is 0.171. The Morgan fingerprint density at radius 2 is 2.13 bits per heavy atom. The first kappa shape index (κ1) is 19.4. The van der Waals surface area contributed by atoms with E-state index < -0.39 is 0 Å². The number of carbonyl (C=O) groups excluding carboxylic acids is 1. The summed E-state index contributed by atoms with van der Waals surface area (Å²) in [4.78, 5) is 27.3. The zero-order chi connectivity index (χ0) is 21.4. The number of nitrogens with zero attached hydrogens (tertiary/aromatic N) is 3. The number of aromatic nitrogens is 3. The van der Waals surface area contributed by atoms with Crippen LogP contribution in [0.25, 0.3) is 27.5 Å². The molecule has 3 aromatic heterocycles. The van der Waals surface area contributed by atoms with Crippen LogP contribution in [-0.4, -0.2) is 64.4 Å². The van der Waals surface area contributed by atoms with Gasteiger partial charge in [0.1, 0.15) is 5.65 Å². The maximum absolute atomic E-state index is 12.3. The number of hydrogen-bond donors (Lipinski definition) is 3. The van der Waals surface area contributed by atoms with Crippen LogP contribution in [0.4, 0.5) is 11.4 Å². The van der Waals surface area contributed by atoms with Gasteiger partial charge < -0.3 is 25.1 Å². The minimum absolute atomic E-state index is 0.171. The molecule has 7 nitrogen and oxygen atoms in total. The van der Waals surface area contributed by atoms with E-state index in [4.69, 9.17) is 0 Å². The van der Waals surface area contributed by atoms with E-state index in [-0.39, 0.29) is 5.91 Å². The second kappa shape index (κ2) is 7.92. The van der Waals surface area contributed by atoms with Crippen LogP contribution in [0.15, 0.2) is 54.9 Å². The van der Waals surface area contributed by atoms with Gasteiger partial charge in [-0.1, -0.05) is 6.08 Å². The van der Waals surface area contributed by atoms with Gasteiger partial charge in [0.2, 0.25) is 5.91 Å². The predicted molar refractivity (Wildman–Crippen MR) is 125 cm³/mol. The Labute approximate surface area is 180 Å². The molecule has 0 saturated carbocycles. The molecule has 3 N–H and O–H groups in total. The highest BCUT2D eigenvalue weighted by Gasteiger charge is 2.19. The highest BCUT2D eigenvalue weighted by Crippen LogP contribution is 2.31. The van der Waals surface area contributed by atoms with Crippen molar-refractivity contribution in [3.63, 3.8) is 0 Å². The molecule has 1 aromatic carbocycles. The average molecular weight is 415 g/mol. The predicted octanol–water partition coefficient (Wildman–Crippen LogP) is 3.97. The quantitative estimate of drug-likeness (QED) is 0.462. The highest BCUT2D eigenvalue weighted by atomic mass is 16.2. The molecule has 31 heavy (non-hydrogen) atoms. The van der Waals surface area contributed by atoms with Crippen LogP contribution in [0.5, 0.6) is 0 Å². The summed E-state index contributed by atoms with van der Waals surface area (Å²) < 4.78 is 0. The number of carbonyl (C=O) groups is 1. The molecule has 0 aliphatic carbocycles. The fourth-order valence-corrected chi connectivity index (χ4v) is 4.11. The Hall–Kier alpha value is -3.58. The van der Waals surface area contributed by atoms with Crippen LogP contribution < -0.4 is 5.32 Å². The lowest BCUT2D eigenvalue weighted by Gasteiger charge is -2.27. The van der Waals surface area contributed by atoms with Gasteiger partial charge in [-0.3, -0.25) is 4.79 Å². The lowest BCUT2D eigenvalue weighted by molar-refractivity contribution is -0.131. The van der Waals surface area contributed by atoms with E-state index in [1.54, 1.807) is 0 Å². The maximum atomic E-state index is 12.3. The lowest BCUT2D eigenvalue weighted by Crippen LogP contribution is -2.40. The lowest BCUT2D eigenvalue weighted by atomic mass is 10.0.